The van der Waals surface area contributed by atoms with Gasteiger partial charge in [0.1, 0.15) is 6.54 Å². The molecule has 0 radical (unpaired) electrons. The van der Waals surface area contributed by atoms with E-state index in [2.05, 4.69) is 15.9 Å². The number of benzene rings is 1. The Labute approximate surface area is 118 Å². The van der Waals surface area contributed by atoms with Crippen LogP contribution in [0.15, 0.2) is 33.6 Å². The van der Waals surface area contributed by atoms with Crippen molar-refractivity contribution in [1.29, 1.82) is 0 Å². The molecule has 0 bridgehead atoms. The molecule has 3 N–H and O–H groups in total. The Morgan fingerprint density at radius 1 is 1.32 bits per heavy atom. The van der Waals surface area contributed by atoms with Crippen LogP contribution in [0.5, 0.6) is 0 Å². The largest absolute Gasteiger partial charge is 0.480 e. The summed E-state index contributed by atoms with van der Waals surface area (Å²) >= 11 is 3.11. The predicted molar refractivity (Wildman–Crippen MR) is 69.7 cm³/mol. The van der Waals surface area contributed by atoms with Crippen LogP contribution in [0, 0.1) is 0 Å². The first-order chi connectivity index (χ1) is 8.73. The topological polar surface area (TPSA) is 118 Å². The third-order valence-electron chi connectivity index (χ3n) is 2.08. The molecule has 0 aromatic heterocycles. The molecule has 1 aromatic rings. The van der Waals surface area contributed by atoms with Crippen molar-refractivity contribution in [3.8, 4) is 0 Å². The van der Waals surface area contributed by atoms with Crippen molar-refractivity contribution in [3.63, 3.8) is 0 Å². The fourth-order valence-electron chi connectivity index (χ4n) is 1.33. The average Bonchev–Trinajstić information content (AvgIpc) is 2.26. The lowest BCUT2D eigenvalue weighted by Crippen LogP contribution is -2.41. The summed E-state index contributed by atoms with van der Waals surface area (Å²) in [5.74, 6) is -2.31. The quantitative estimate of drug-likeness (QED) is 0.749. The van der Waals surface area contributed by atoms with Gasteiger partial charge in [-0.3, -0.25) is 9.59 Å². The molecule has 0 saturated carbocycles. The van der Waals surface area contributed by atoms with E-state index in [9.17, 15) is 18.0 Å². The highest BCUT2D eigenvalue weighted by Gasteiger charge is 2.28. The number of carbonyl (C=O) groups excluding carboxylic acids is 1. The molecule has 0 spiro atoms. The summed E-state index contributed by atoms with van der Waals surface area (Å²) in [5, 5.41) is 8.69. The highest BCUT2D eigenvalue weighted by atomic mass is 79.9. The van der Waals surface area contributed by atoms with Gasteiger partial charge in [0.15, 0.2) is 0 Å². The van der Waals surface area contributed by atoms with E-state index in [1.807, 2.05) is 0 Å². The maximum atomic E-state index is 12.2. The lowest BCUT2D eigenvalue weighted by Gasteiger charge is -2.18. The van der Waals surface area contributed by atoms with Gasteiger partial charge in [0, 0.05) is 4.47 Å². The van der Waals surface area contributed by atoms with Crippen molar-refractivity contribution in [3.05, 3.63) is 28.7 Å². The normalized spacial score (nSPS) is 11.5. The standard InChI is InChI=1S/C10H11BrN2O5S/c11-7-2-1-3-8(4-7)19(17,18)13(5-9(12)14)6-10(15)16/h1-4H,5-6H2,(H2,12,14)(H,15,16). The number of primary amides is 1. The van der Waals surface area contributed by atoms with E-state index in [0.717, 1.165) is 0 Å². The first-order valence-electron chi connectivity index (χ1n) is 4.99. The van der Waals surface area contributed by atoms with Crippen molar-refractivity contribution < 1.29 is 23.1 Å². The highest BCUT2D eigenvalue weighted by Crippen LogP contribution is 2.19. The lowest BCUT2D eigenvalue weighted by atomic mass is 10.4. The molecule has 104 valence electrons. The van der Waals surface area contributed by atoms with Crippen LogP contribution in [-0.4, -0.2) is 42.8 Å². The molecule has 0 unspecified atom stereocenters. The van der Waals surface area contributed by atoms with Gasteiger partial charge in [-0.15, -0.1) is 0 Å². The molecule has 19 heavy (non-hydrogen) atoms. The number of nitrogens with zero attached hydrogens (tertiary/aromatic N) is 1. The van der Waals surface area contributed by atoms with Gasteiger partial charge in [0.2, 0.25) is 15.9 Å². The van der Waals surface area contributed by atoms with Gasteiger partial charge < -0.3 is 10.8 Å². The fourth-order valence-corrected chi connectivity index (χ4v) is 3.28. The van der Waals surface area contributed by atoms with Crippen molar-refractivity contribution in [2.75, 3.05) is 13.1 Å². The molecule has 0 heterocycles. The Hall–Kier alpha value is -1.45. The van der Waals surface area contributed by atoms with Crippen molar-refractivity contribution in [2.24, 2.45) is 5.73 Å². The number of amides is 1. The van der Waals surface area contributed by atoms with Crippen LogP contribution >= 0.6 is 15.9 Å². The summed E-state index contributed by atoms with van der Waals surface area (Å²) in [7, 11) is -4.09. The summed E-state index contributed by atoms with van der Waals surface area (Å²) < 4.78 is 25.4. The average molecular weight is 351 g/mol. The Bertz CT molecular complexity index is 586. The van der Waals surface area contributed by atoms with Gasteiger partial charge in [-0.2, -0.15) is 4.31 Å². The fraction of sp³-hybridized carbons (Fsp3) is 0.200. The third kappa shape index (κ3) is 4.30. The summed E-state index contributed by atoms with van der Waals surface area (Å²) in [6.45, 7) is -1.53. The van der Waals surface area contributed by atoms with E-state index in [-0.39, 0.29) is 4.90 Å². The summed E-state index contributed by atoms with van der Waals surface area (Å²) in [6.07, 6.45) is 0. The molecule has 0 saturated heterocycles. The number of hydrogen-bond donors (Lipinski definition) is 2. The zero-order chi connectivity index (χ0) is 14.6. The number of nitrogens with two attached hydrogens (primary N) is 1. The second-order valence-corrected chi connectivity index (χ2v) is 6.44. The minimum Gasteiger partial charge on any atom is -0.480 e. The van der Waals surface area contributed by atoms with Gasteiger partial charge in [-0.05, 0) is 18.2 Å². The number of carboxylic acid groups (broad SMARTS) is 1. The van der Waals surface area contributed by atoms with E-state index >= 15 is 0 Å². The molecule has 1 aromatic carbocycles. The number of carbonyl (C=O) groups is 2. The molecule has 9 heteroatoms. The molecule has 1 amide bonds. The van der Waals surface area contributed by atoms with Gasteiger partial charge in [-0.25, -0.2) is 8.42 Å². The second kappa shape index (κ2) is 6.13. The van der Waals surface area contributed by atoms with Gasteiger partial charge in [-0.1, -0.05) is 22.0 Å². The molecule has 0 aliphatic carbocycles. The van der Waals surface area contributed by atoms with Crippen LogP contribution in [0.25, 0.3) is 0 Å². The third-order valence-corrected chi connectivity index (χ3v) is 4.36. The van der Waals surface area contributed by atoms with E-state index < -0.39 is 35.0 Å². The van der Waals surface area contributed by atoms with Crippen LogP contribution < -0.4 is 5.73 Å². The highest BCUT2D eigenvalue weighted by molar-refractivity contribution is 9.10. The van der Waals surface area contributed by atoms with Crippen LogP contribution in [-0.2, 0) is 19.6 Å². The van der Waals surface area contributed by atoms with Crippen molar-refractivity contribution in [1.82, 2.24) is 4.31 Å². The molecule has 0 aliphatic heterocycles. The number of sulfonamides is 1. The van der Waals surface area contributed by atoms with Crippen molar-refractivity contribution in [2.45, 2.75) is 4.90 Å². The van der Waals surface area contributed by atoms with Gasteiger partial charge >= 0.3 is 5.97 Å². The first-order valence-corrected chi connectivity index (χ1v) is 7.22. The van der Waals surface area contributed by atoms with Crippen molar-refractivity contribution >= 4 is 37.8 Å². The minimum absolute atomic E-state index is 0.121. The molecule has 0 aliphatic rings. The van der Waals surface area contributed by atoms with E-state index in [0.29, 0.717) is 8.78 Å². The van der Waals surface area contributed by atoms with Gasteiger partial charge in [0.25, 0.3) is 0 Å². The summed E-state index contributed by atoms with van der Waals surface area (Å²) in [6, 6.07) is 5.72. The molecular weight excluding hydrogens is 340 g/mol. The summed E-state index contributed by atoms with van der Waals surface area (Å²) in [5.41, 5.74) is 4.93. The molecule has 7 nitrogen and oxygen atoms in total. The number of aliphatic carboxylic acids is 1. The smallest absolute Gasteiger partial charge is 0.318 e. The van der Waals surface area contributed by atoms with E-state index in [1.165, 1.54) is 18.2 Å². The Kier molecular flexibility index (Phi) is 5.04. The van der Waals surface area contributed by atoms with Crippen LogP contribution in [0.2, 0.25) is 0 Å². The second-order valence-electron chi connectivity index (χ2n) is 3.59. The van der Waals surface area contributed by atoms with Crippen LogP contribution in [0.4, 0.5) is 0 Å². The zero-order valence-corrected chi connectivity index (χ0v) is 12.0. The first kappa shape index (κ1) is 15.6. The molecule has 0 atom stereocenters. The maximum Gasteiger partial charge on any atom is 0.318 e. The van der Waals surface area contributed by atoms with E-state index in [1.54, 1.807) is 6.07 Å². The maximum absolute atomic E-state index is 12.2. The number of carboxylic acids is 1. The minimum atomic E-state index is -4.09. The Morgan fingerprint density at radius 3 is 2.42 bits per heavy atom. The molecular formula is C10H11BrN2O5S. The Morgan fingerprint density at radius 2 is 1.95 bits per heavy atom. The zero-order valence-electron chi connectivity index (χ0n) is 9.61. The SMILES string of the molecule is NC(=O)CN(CC(=O)O)S(=O)(=O)c1cccc(Br)c1. The lowest BCUT2D eigenvalue weighted by molar-refractivity contribution is -0.137. The number of halogens is 1. The van der Waals surface area contributed by atoms with Crippen LogP contribution in [0.3, 0.4) is 0 Å². The molecule has 1 rings (SSSR count). The van der Waals surface area contributed by atoms with Gasteiger partial charge in [0.05, 0.1) is 11.4 Å². The van der Waals surface area contributed by atoms with E-state index in [4.69, 9.17) is 10.8 Å². The Balaban J connectivity index is 3.18. The number of hydrogen-bond acceptors (Lipinski definition) is 4. The monoisotopic (exact) mass is 350 g/mol. The number of rotatable bonds is 6. The van der Waals surface area contributed by atoms with Crippen LogP contribution in [0.1, 0.15) is 0 Å². The molecule has 0 fully saturated rings. The predicted octanol–water partition coefficient (Wildman–Crippen LogP) is 0.00970. The summed E-state index contributed by atoms with van der Waals surface area (Å²) in [4.78, 5) is 21.4.